The van der Waals surface area contributed by atoms with Crippen LogP contribution in [0.1, 0.15) is 37.8 Å². The van der Waals surface area contributed by atoms with Crippen LogP contribution in [0.15, 0.2) is 24.3 Å². The topological polar surface area (TPSA) is 116 Å². The molecule has 0 aromatic heterocycles. The van der Waals surface area contributed by atoms with Crippen LogP contribution in [0.2, 0.25) is 0 Å². The third-order valence-corrected chi connectivity index (χ3v) is 4.22. The normalized spacial score (nSPS) is 17.7. The molecule has 1 aliphatic heterocycles. The minimum Gasteiger partial charge on any atom is -0.467 e. The van der Waals surface area contributed by atoms with E-state index in [2.05, 4.69) is 0 Å². The first-order valence-corrected chi connectivity index (χ1v) is 8.18. The lowest BCUT2D eigenvalue weighted by Crippen LogP contribution is -2.42. The number of non-ortho nitro benzene ring substituents is 1. The fourth-order valence-corrected chi connectivity index (χ4v) is 3.03. The van der Waals surface area contributed by atoms with Gasteiger partial charge in [-0.05, 0) is 18.9 Å². The third kappa shape index (κ3) is 4.16. The lowest BCUT2D eigenvalue weighted by molar-refractivity contribution is -0.384. The van der Waals surface area contributed by atoms with Crippen LogP contribution in [0.25, 0.3) is 0 Å². The molecule has 140 valence electrons. The van der Waals surface area contributed by atoms with E-state index in [4.69, 9.17) is 9.47 Å². The van der Waals surface area contributed by atoms with E-state index in [-0.39, 0.29) is 37.5 Å². The minimum absolute atomic E-state index is 0.110. The Kier molecular flexibility index (Phi) is 6.26. The molecular formula is C17H20N2O7. The summed E-state index contributed by atoms with van der Waals surface area (Å²) in [7, 11) is 1.23. The van der Waals surface area contributed by atoms with Crippen molar-refractivity contribution in [1.82, 2.24) is 4.90 Å². The molecule has 0 bridgehead atoms. The maximum atomic E-state index is 12.4. The van der Waals surface area contributed by atoms with Crippen molar-refractivity contribution in [1.29, 1.82) is 0 Å². The molecule has 2 rings (SSSR count). The van der Waals surface area contributed by atoms with Crippen LogP contribution < -0.4 is 0 Å². The lowest BCUT2D eigenvalue weighted by atomic mass is 10.0. The van der Waals surface area contributed by atoms with Gasteiger partial charge in [0.2, 0.25) is 5.91 Å². The second kappa shape index (κ2) is 8.41. The number of nitro benzene ring substituents is 1. The van der Waals surface area contributed by atoms with Crippen molar-refractivity contribution in [3.05, 3.63) is 39.9 Å². The van der Waals surface area contributed by atoms with E-state index < -0.39 is 28.9 Å². The Hall–Kier alpha value is -2.97. The van der Waals surface area contributed by atoms with Gasteiger partial charge in [0.1, 0.15) is 6.04 Å². The first-order chi connectivity index (χ1) is 12.4. The van der Waals surface area contributed by atoms with E-state index in [1.54, 1.807) is 6.92 Å². The smallest absolute Gasteiger partial charge is 0.328 e. The van der Waals surface area contributed by atoms with E-state index in [0.29, 0.717) is 5.56 Å². The van der Waals surface area contributed by atoms with Gasteiger partial charge in [0.15, 0.2) is 0 Å². The van der Waals surface area contributed by atoms with Crippen molar-refractivity contribution in [3.63, 3.8) is 0 Å². The average molecular weight is 364 g/mol. The fourth-order valence-electron chi connectivity index (χ4n) is 3.03. The Bertz CT molecular complexity index is 702. The van der Waals surface area contributed by atoms with Gasteiger partial charge in [-0.25, -0.2) is 4.79 Å². The molecule has 9 nitrogen and oxygen atoms in total. The van der Waals surface area contributed by atoms with Crippen LogP contribution in [0.5, 0.6) is 0 Å². The number of amides is 1. The number of methoxy groups -OCH3 is 1. The number of carbonyl (C=O) groups is 3. The third-order valence-electron chi connectivity index (χ3n) is 4.22. The summed E-state index contributed by atoms with van der Waals surface area (Å²) < 4.78 is 9.73. The highest BCUT2D eigenvalue weighted by atomic mass is 16.6. The molecule has 1 aromatic carbocycles. The Morgan fingerprint density at radius 2 is 2.00 bits per heavy atom. The number of ether oxygens (including phenoxy) is 2. The van der Waals surface area contributed by atoms with Gasteiger partial charge in [-0.15, -0.1) is 0 Å². The van der Waals surface area contributed by atoms with Gasteiger partial charge in [-0.1, -0.05) is 12.1 Å². The van der Waals surface area contributed by atoms with Crippen molar-refractivity contribution < 1.29 is 28.8 Å². The van der Waals surface area contributed by atoms with Crippen LogP contribution in [-0.2, 0) is 23.9 Å². The summed E-state index contributed by atoms with van der Waals surface area (Å²) in [6.45, 7) is 1.84. The zero-order valence-corrected chi connectivity index (χ0v) is 14.5. The standard InChI is InChI=1S/C17H20N2O7/c1-3-26-16(21)10-14(11-4-6-12(7-5-11)19(23)24)18-13(17(22)25-2)8-9-15(18)20/h4-7,13-14H,3,8-10H2,1-2H3. The highest BCUT2D eigenvalue weighted by Crippen LogP contribution is 2.34. The van der Waals surface area contributed by atoms with Crippen molar-refractivity contribution >= 4 is 23.5 Å². The van der Waals surface area contributed by atoms with Crippen LogP contribution in [0.4, 0.5) is 5.69 Å². The van der Waals surface area contributed by atoms with E-state index in [1.165, 1.54) is 36.3 Å². The SMILES string of the molecule is CCOC(=O)CC(c1ccc([N+](=O)[O-])cc1)N1C(=O)CCC1C(=O)OC. The number of carbonyl (C=O) groups excluding carboxylic acids is 3. The lowest BCUT2D eigenvalue weighted by Gasteiger charge is -2.31. The number of nitro groups is 1. The van der Waals surface area contributed by atoms with Crippen molar-refractivity contribution in [2.75, 3.05) is 13.7 Å². The largest absolute Gasteiger partial charge is 0.467 e. The number of benzene rings is 1. The van der Waals surface area contributed by atoms with E-state index in [1.807, 2.05) is 0 Å². The second-order valence-electron chi connectivity index (χ2n) is 5.75. The monoisotopic (exact) mass is 364 g/mol. The van der Waals surface area contributed by atoms with Crippen molar-refractivity contribution in [2.45, 2.75) is 38.3 Å². The predicted molar refractivity (Wildman–Crippen MR) is 89.0 cm³/mol. The molecule has 0 spiro atoms. The minimum atomic E-state index is -0.804. The molecule has 2 atom stereocenters. The van der Waals surface area contributed by atoms with Crippen molar-refractivity contribution in [3.8, 4) is 0 Å². The average Bonchev–Trinajstić information content (AvgIpc) is 3.00. The molecule has 1 saturated heterocycles. The van der Waals surface area contributed by atoms with E-state index >= 15 is 0 Å². The number of hydrogen-bond donors (Lipinski definition) is 0. The molecular weight excluding hydrogens is 344 g/mol. The predicted octanol–water partition coefficient (Wildman–Crippen LogP) is 1.75. The van der Waals surface area contributed by atoms with Gasteiger partial charge in [-0.2, -0.15) is 0 Å². The van der Waals surface area contributed by atoms with Crippen molar-refractivity contribution in [2.24, 2.45) is 0 Å². The van der Waals surface area contributed by atoms with Gasteiger partial charge in [0.25, 0.3) is 5.69 Å². The van der Waals surface area contributed by atoms with Gasteiger partial charge in [-0.3, -0.25) is 19.7 Å². The van der Waals surface area contributed by atoms with Crippen LogP contribution in [0.3, 0.4) is 0 Å². The first-order valence-electron chi connectivity index (χ1n) is 8.18. The first kappa shape index (κ1) is 19.4. The van der Waals surface area contributed by atoms with Gasteiger partial charge >= 0.3 is 11.9 Å². The van der Waals surface area contributed by atoms with Gasteiger partial charge in [0.05, 0.1) is 31.1 Å². The summed E-state index contributed by atoms with van der Waals surface area (Å²) in [5.74, 6) is -1.38. The van der Waals surface area contributed by atoms with Crippen LogP contribution in [0, 0.1) is 10.1 Å². The Balaban J connectivity index is 2.39. The van der Waals surface area contributed by atoms with Crippen LogP contribution >= 0.6 is 0 Å². The van der Waals surface area contributed by atoms with Gasteiger partial charge in [0, 0.05) is 18.6 Å². The zero-order chi connectivity index (χ0) is 19.3. The molecule has 0 N–H and O–H groups in total. The molecule has 1 aliphatic rings. The second-order valence-corrected chi connectivity index (χ2v) is 5.75. The maximum absolute atomic E-state index is 12.4. The number of likely N-dealkylation sites (tertiary alicyclic amines) is 1. The number of hydrogen-bond acceptors (Lipinski definition) is 7. The zero-order valence-electron chi connectivity index (χ0n) is 14.5. The summed E-state index contributed by atoms with van der Waals surface area (Å²) in [4.78, 5) is 48.1. The number of nitrogens with zero attached hydrogens (tertiary/aromatic N) is 2. The molecule has 26 heavy (non-hydrogen) atoms. The summed E-state index contributed by atoms with van der Waals surface area (Å²) in [5, 5.41) is 10.8. The molecule has 2 unspecified atom stereocenters. The summed E-state index contributed by atoms with van der Waals surface area (Å²) >= 11 is 0. The number of rotatable bonds is 7. The summed E-state index contributed by atoms with van der Waals surface area (Å²) in [5.41, 5.74) is 0.397. The fraction of sp³-hybridized carbons (Fsp3) is 0.471. The summed E-state index contributed by atoms with van der Waals surface area (Å²) in [6, 6.07) is 3.96. The molecule has 1 aromatic rings. The molecule has 9 heteroatoms. The molecule has 0 radical (unpaired) electrons. The Morgan fingerprint density at radius 3 is 2.54 bits per heavy atom. The molecule has 0 saturated carbocycles. The highest BCUT2D eigenvalue weighted by molar-refractivity contribution is 5.89. The number of esters is 2. The van der Waals surface area contributed by atoms with E-state index in [9.17, 15) is 24.5 Å². The highest BCUT2D eigenvalue weighted by Gasteiger charge is 2.42. The molecule has 1 fully saturated rings. The molecule has 1 amide bonds. The maximum Gasteiger partial charge on any atom is 0.328 e. The summed E-state index contributed by atoms with van der Waals surface area (Å²) in [6.07, 6.45) is 0.286. The molecule has 1 heterocycles. The quantitative estimate of drug-likeness (QED) is 0.411. The molecule has 0 aliphatic carbocycles. The van der Waals surface area contributed by atoms with Gasteiger partial charge < -0.3 is 14.4 Å². The Morgan fingerprint density at radius 1 is 1.35 bits per heavy atom. The van der Waals surface area contributed by atoms with E-state index in [0.717, 1.165) is 0 Å². The van der Waals surface area contributed by atoms with Crippen LogP contribution in [-0.4, -0.2) is 47.4 Å². The Labute approximate surface area is 150 Å².